The predicted molar refractivity (Wildman–Crippen MR) is 63.6 cm³/mol. The van der Waals surface area contributed by atoms with Crippen molar-refractivity contribution < 1.29 is 18.0 Å². The van der Waals surface area contributed by atoms with Crippen LogP contribution in [0.2, 0.25) is 0 Å². The van der Waals surface area contributed by atoms with Crippen molar-refractivity contribution in [3.8, 4) is 0 Å². The Morgan fingerprint density at radius 2 is 2.16 bits per heavy atom. The van der Waals surface area contributed by atoms with Gasteiger partial charge in [0.15, 0.2) is 0 Å². The van der Waals surface area contributed by atoms with Gasteiger partial charge in [0.05, 0.1) is 30.5 Å². The second-order valence-corrected chi connectivity index (χ2v) is 3.91. The normalized spacial score (nSPS) is 11.7. The number of amides is 1. The molecular formula is C11H11F3N4O. The third-order valence-corrected chi connectivity index (χ3v) is 2.36. The third-order valence-electron chi connectivity index (χ3n) is 2.36. The summed E-state index contributed by atoms with van der Waals surface area (Å²) in [5.41, 5.74) is 1.11. The minimum absolute atomic E-state index is 0.413. The molecule has 102 valence electrons. The number of hydrogen-bond donors (Lipinski definition) is 3. The van der Waals surface area contributed by atoms with Gasteiger partial charge in [0.25, 0.3) is 0 Å². The molecule has 0 fully saturated rings. The fourth-order valence-corrected chi connectivity index (χ4v) is 1.59. The molecule has 0 aliphatic heterocycles. The number of rotatable bonds is 4. The molecule has 5 nitrogen and oxygen atoms in total. The molecule has 19 heavy (non-hydrogen) atoms. The van der Waals surface area contributed by atoms with Crippen LogP contribution in [0.1, 0.15) is 0 Å². The van der Waals surface area contributed by atoms with E-state index in [9.17, 15) is 18.0 Å². The summed E-state index contributed by atoms with van der Waals surface area (Å²) < 4.78 is 35.7. The third kappa shape index (κ3) is 3.68. The highest BCUT2D eigenvalue weighted by molar-refractivity contribution is 6.00. The first kappa shape index (κ1) is 13.3. The van der Waals surface area contributed by atoms with E-state index in [4.69, 9.17) is 0 Å². The molecule has 0 saturated carbocycles. The number of nitrogens with zero attached hydrogens (tertiary/aromatic N) is 1. The van der Waals surface area contributed by atoms with E-state index in [-0.39, 0.29) is 0 Å². The second-order valence-electron chi connectivity index (χ2n) is 3.91. The number of H-pyrrole nitrogens is 1. The Bertz CT molecular complexity index is 579. The highest BCUT2D eigenvalue weighted by Crippen LogP contribution is 2.20. The van der Waals surface area contributed by atoms with E-state index in [0.717, 1.165) is 5.39 Å². The molecule has 0 saturated heterocycles. The van der Waals surface area contributed by atoms with Crippen LogP contribution < -0.4 is 10.6 Å². The first-order valence-electron chi connectivity index (χ1n) is 5.45. The van der Waals surface area contributed by atoms with Gasteiger partial charge in [0.2, 0.25) is 5.91 Å². The van der Waals surface area contributed by atoms with Gasteiger partial charge in [-0.2, -0.15) is 18.3 Å². The quantitative estimate of drug-likeness (QED) is 0.792. The molecule has 0 spiro atoms. The molecule has 0 aliphatic rings. The number of para-hydroxylation sites is 1. The number of benzene rings is 1. The summed E-state index contributed by atoms with van der Waals surface area (Å²) in [6.45, 7) is -1.61. The first-order chi connectivity index (χ1) is 8.96. The van der Waals surface area contributed by atoms with Crippen LogP contribution in [0.5, 0.6) is 0 Å². The van der Waals surface area contributed by atoms with Crippen molar-refractivity contribution in [3.63, 3.8) is 0 Å². The SMILES string of the molecule is O=C(CNCC(F)(F)F)Nc1cccc2cn[nH]c12. The molecule has 2 aromatic rings. The molecule has 0 atom stereocenters. The van der Waals surface area contributed by atoms with Crippen molar-refractivity contribution in [2.24, 2.45) is 0 Å². The highest BCUT2D eigenvalue weighted by atomic mass is 19.4. The Kier molecular flexibility index (Phi) is 3.70. The lowest BCUT2D eigenvalue weighted by Gasteiger charge is -2.09. The fraction of sp³-hybridized carbons (Fsp3) is 0.273. The lowest BCUT2D eigenvalue weighted by Crippen LogP contribution is -2.35. The maximum Gasteiger partial charge on any atom is 0.401 e. The number of hydrogen-bond acceptors (Lipinski definition) is 3. The van der Waals surface area contributed by atoms with Crippen LogP contribution in [0.3, 0.4) is 0 Å². The molecule has 0 bridgehead atoms. The van der Waals surface area contributed by atoms with Gasteiger partial charge in [-0.1, -0.05) is 12.1 Å². The minimum atomic E-state index is -4.33. The molecule has 1 heterocycles. The summed E-state index contributed by atoms with van der Waals surface area (Å²) in [6, 6.07) is 5.16. The average Bonchev–Trinajstić information content (AvgIpc) is 2.76. The minimum Gasteiger partial charge on any atom is -0.323 e. The molecule has 1 aromatic carbocycles. The van der Waals surface area contributed by atoms with E-state index in [1.165, 1.54) is 0 Å². The van der Waals surface area contributed by atoms with Crippen LogP contribution >= 0.6 is 0 Å². The van der Waals surface area contributed by atoms with Crippen LogP contribution in [-0.2, 0) is 4.79 Å². The zero-order valence-electron chi connectivity index (χ0n) is 9.71. The topological polar surface area (TPSA) is 69.8 Å². The Hall–Kier alpha value is -2.09. The molecule has 1 amide bonds. The lowest BCUT2D eigenvalue weighted by atomic mass is 10.2. The van der Waals surface area contributed by atoms with E-state index in [0.29, 0.717) is 11.2 Å². The Balaban J connectivity index is 1.94. The number of fused-ring (bicyclic) bond motifs is 1. The van der Waals surface area contributed by atoms with Crippen LogP contribution in [0.4, 0.5) is 18.9 Å². The van der Waals surface area contributed by atoms with Crippen LogP contribution in [0.25, 0.3) is 10.9 Å². The van der Waals surface area contributed by atoms with Crippen molar-refractivity contribution >= 4 is 22.5 Å². The fourth-order valence-electron chi connectivity index (χ4n) is 1.59. The number of halogens is 3. The van der Waals surface area contributed by atoms with Crippen molar-refractivity contribution in [3.05, 3.63) is 24.4 Å². The first-order valence-corrected chi connectivity index (χ1v) is 5.45. The maximum absolute atomic E-state index is 11.9. The van der Waals surface area contributed by atoms with Gasteiger partial charge in [-0.25, -0.2) is 0 Å². The van der Waals surface area contributed by atoms with Gasteiger partial charge in [0, 0.05) is 5.39 Å². The van der Waals surface area contributed by atoms with Crippen LogP contribution in [0.15, 0.2) is 24.4 Å². The zero-order valence-corrected chi connectivity index (χ0v) is 9.71. The van der Waals surface area contributed by atoms with Crippen molar-refractivity contribution in [1.82, 2.24) is 15.5 Å². The maximum atomic E-state index is 11.9. The number of carbonyl (C=O) groups is 1. The van der Waals surface area contributed by atoms with E-state index in [2.05, 4.69) is 15.5 Å². The van der Waals surface area contributed by atoms with Gasteiger partial charge >= 0.3 is 6.18 Å². The predicted octanol–water partition coefficient (Wildman–Crippen LogP) is 1.65. The zero-order chi connectivity index (χ0) is 13.9. The molecule has 0 radical (unpaired) electrons. The Morgan fingerprint density at radius 1 is 1.37 bits per heavy atom. The summed E-state index contributed by atoms with van der Waals surface area (Å²) in [6.07, 6.45) is -2.74. The molecule has 2 rings (SSSR count). The molecule has 0 unspecified atom stereocenters. The number of aromatic amines is 1. The number of carbonyl (C=O) groups excluding carboxylic acids is 1. The van der Waals surface area contributed by atoms with Gasteiger partial charge in [0.1, 0.15) is 0 Å². The van der Waals surface area contributed by atoms with E-state index in [1.54, 1.807) is 24.4 Å². The summed E-state index contributed by atoms with van der Waals surface area (Å²) >= 11 is 0. The van der Waals surface area contributed by atoms with E-state index in [1.807, 2.05) is 5.32 Å². The number of anilines is 1. The number of alkyl halides is 3. The van der Waals surface area contributed by atoms with Crippen molar-refractivity contribution in [2.45, 2.75) is 6.18 Å². The van der Waals surface area contributed by atoms with E-state index < -0.39 is 25.2 Å². The molecule has 0 aliphatic carbocycles. The average molecular weight is 272 g/mol. The number of aromatic nitrogens is 2. The summed E-state index contributed by atoms with van der Waals surface area (Å²) in [5, 5.41) is 11.9. The van der Waals surface area contributed by atoms with Gasteiger partial charge in [-0.05, 0) is 6.07 Å². The van der Waals surface area contributed by atoms with Crippen LogP contribution in [-0.4, -0.2) is 35.4 Å². The Labute approximate surface area is 106 Å². The molecule has 8 heteroatoms. The molecule has 3 N–H and O–H groups in total. The smallest absolute Gasteiger partial charge is 0.323 e. The largest absolute Gasteiger partial charge is 0.401 e. The van der Waals surface area contributed by atoms with Gasteiger partial charge in [-0.15, -0.1) is 0 Å². The van der Waals surface area contributed by atoms with Gasteiger partial charge in [-0.3, -0.25) is 9.89 Å². The molecular weight excluding hydrogens is 261 g/mol. The monoisotopic (exact) mass is 272 g/mol. The number of nitrogens with one attached hydrogen (secondary N) is 3. The summed E-state index contributed by atoms with van der Waals surface area (Å²) in [5.74, 6) is -0.550. The molecule has 1 aromatic heterocycles. The second kappa shape index (κ2) is 5.27. The Morgan fingerprint density at radius 3 is 2.89 bits per heavy atom. The summed E-state index contributed by atoms with van der Waals surface area (Å²) in [7, 11) is 0. The summed E-state index contributed by atoms with van der Waals surface area (Å²) in [4.78, 5) is 11.5. The van der Waals surface area contributed by atoms with Gasteiger partial charge < -0.3 is 10.6 Å². The van der Waals surface area contributed by atoms with Crippen molar-refractivity contribution in [2.75, 3.05) is 18.4 Å². The van der Waals surface area contributed by atoms with Crippen LogP contribution in [0, 0.1) is 0 Å². The highest BCUT2D eigenvalue weighted by Gasteiger charge is 2.26. The standard InChI is InChI=1S/C11H11F3N4O/c12-11(13,14)6-15-5-9(19)17-8-3-1-2-7-4-16-18-10(7)8/h1-4,15H,5-6H2,(H,16,18)(H,17,19). The van der Waals surface area contributed by atoms with Crippen molar-refractivity contribution in [1.29, 1.82) is 0 Å². The van der Waals surface area contributed by atoms with E-state index >= 15 is 0 Å². The lowest BCUT2D eigenvalue weighted by molar-refractivity contribution is -0.126.